The molecule has 2 fully saturated rings. The Kier molecular flexibility index (Phi) is 2.10. The van der Waals surface area contributed by atoms with E-state index in [1.165, 1.54) is 0 Å². The van der Waals surface area contributed by atoms with Gasteiger partial charge in [0.1, 0.15) is 6.04 Å². The highest BCUT2D eigenvalue weighted by molar-refractivity contribution is 6.07. The Hall–Kier alpha value is -1.84. The van der Waals surface area contributed by atoms with Gasteiger partial charge in [-0.2, -0.15) is 0 Å². The van der Waals surface area contributed by atoms with Gasteiger partial charge in [0.15, 0.2) is 0 Å². The Labute approximate surface area is 102 Å². The Morgan fingerprint density at radius 2 is 2.35 bits per heavy atom. The molecule has 2 saturated heterocycles. The molecule has 0 N–H and O–H groups in total. The molecule has 88 valence electrons. The Bertz CT molecular complexity index is 529. The highest BCUT2D eigenvalue weighted by Gasteiger charge is 2.43. The average Bonchev–Trinajstić information content (AvgIpc) is 2.91. The molecular formula is C13H15N3O. The second-order valence-corrected chi connectivity index (χ2v) is 4.41. The topological polar surface area (TPSA) is 35.9 Å². The Morgan fingerprint density at radius 1 is 1.47 bits per heavy atom. The lowest BCUT2D eigenvalue weighted by Gasteiger charge is -2.16. The van der Waals surface area contributed by atoms with Crippen LogP contribution in [0.25, 0.3) is 0 Å². The number of amides is 1. The Morgan fingerprint density at radius 3 is 3.18 bits per heavy atom. The number of hydrogen-bond donors (Lipinski definition) is 0. The van der Waals surface area contributed by atoms with Crippen molar-refractivity contribution in [1.82, 2.24) is 9.80 Å². The molecule has 0 bridgehead atoms. The first-order valence-corrected chi connectivity index (χ1v) is 5.87. The summed E-state index contributed by atoms with van der Waals surface area (Å²) in [6.07, 6.45) is 1.94. The second kappa shape index (κ2) is 3.87. The van der Waals surface area contributed by atoms with Gasteiger partial charge in [0.05, 0.1) is 7.06 Å². The van der Waals surface area contributed by atoms with E-state index in [0.717, 1.165) is 19.4 Å². The van der Waals surface area contributed by atoms with Crippen molar-refractivity contribution in [2.75, 3.05) is 13.6 Å². The molecule has 0 aliphatic carbocycles. The zero-order valence-corrected chi connectivity index (χ0v) is 9.76. The van der Waals surface area contributed by atoms with Crippen LogP contribution < -0.4 is 0 Å². The summed E-state index contributed by atoms with van der Waals surface area (Å²) in [5.74, 6) is 0.802. The third-order valence-electron chi connectivity index (χ3n) is 3.34. The standard InChI is InChI=1S/C13H15N3O/c1-15-12(17)11-8-5-9-16(11)13(15)14-10-6-3-2-4-7-10/h2-4,6-7,11H,5,8-9H2,1H3/i6T. The van der Waals surface area contributed by atoms with E-state index in [1.54, 1.807) is 24.1 Å². The van der Waals surface area contributed by atoms with Crippen molar-refractivity contribution in [2.24, 2.45) is 4.99 Å². The van der Waals surface area contributed by atoms with Crippen molar-refractivity contribution < 1.29 is 6.17 Å². The van der Waals surface area contributed by atoms with Crippen molar-refractivity contribution in [1.29, 1.82) is 0 Å². The minimum Gasteiger partial charge on any atom is -0.330 e. The van der Waals surface area contributed by atoms with Crippen LogP contribution in [0.1, 0.15) is 14.2 Å². The van der Waals surface area contributed by atoms with Crippen LogP contribution in [0, 0.1) is 0 Å². The van der Waals surface area contributed by atoms with Crippen molar-refractivity contribution in [3.63, 3.8) is 0 Å². The molecule has 1 aromatic carbocycles. The predicted octanol–water partition coefficient (Wildman–Crippen LogP) is 1.61. The highest BCUT2D eigenvalue weighted by Crippen LogP contribution is 2.28. The number of aliphatic imine (C=N–C) groups is 1. The van der Waals surface area contributed by atoms with E-state index in [0.29, 0.717) is 17.7 Å². The van der Waals surface area contributed by atoms with E-state index < -0.39 is 0 Å². The summed E-state index contributed by atoms with van der Waals surface area (Å²) in [5.41, 5.74) is 0.611. The van der Waals surface area contributed by atoms with Crippen molar-refractivity contribution in [3.05, 3.63) is 30.3 Å². The zero-order valence-electron chi connectivity index (χ0n) is 10.8. The van der Waals surface area contributed by atoms with Crippen LogP contribution in [0.5, 0.6) is 0 Å². The van der Waals surface area contributed by atoms with E-state index in [9.17, 15) is 4.79 Å². The first-order chi connectivity index (χ1) is 8.68. The number of fused-ring (bicyclic) bond motifs is 1. The van der Waals surface area contributed by atoms with Gasteiger partial charge in [0.25, 0.3) is 5.91 Å². The van der Waals surface area contributed by atoms with Crippen LogP contribution in [-0.4, -0.2) is 41.3 Å². The van der Waals surface area contributed by atoms with Gasteiger partial charge in [-0.1, -0.05) is 18.2 Å². The normalized spacial score (nSPS) is 26.6. The smallest absolute Gasteiger partial charge is 0.251 e. The van der Waals surface area contributed by atoms with Crippen LogP contribution in [0.3, 0.4) is 0 Å². The lowest BCUT2D eigenvalue weighted by molar-refractivity contribution is -0.126. The zero-order chi connectivity index (χ0) is 12.7. The van der Waals surface area contributed by atoms with Crippen LogP contribution in [0.2, 0.25) is 0 Å². The first-order valence-electron chi connectivity index (χ1n) is 6.37. The molecule has 0 saturated carbocycles. The number of carbonyl (C=O) groups excluding carboxylic acids is 1. The van der Waals surface area contributed by atoms with Gasteiger partial charge in [0.2, 0.25) is 5.96 Å². The molecule has 0 radical (unpaired) electrons. The molecule has 4 heteroatoms. The van der Waals surface area contributed by atoms with E-state index in [1.807, 2.05) is 12.1 Å². The molecule has 1 amide bonds. The van der Waals surface area contributed by atoms with Crippen LogP contribution >= 0.6 is 0 Å². The number of rotatable bonds is 1. The summed E-state index contributed by atoms with van der Waals surface area (Å²) in [7, 11) is 1.76. The van der Waals surface area contributed by atoms with Gasteiger partial charge in [-0.15, -0.1) is 0 Å². The fourth-order valence-electron chi connectivity index (χ4n) is 2.48. The monoisotopic (exact) mass is 231 g/mol. The third-order valence-corrected chi connectivity index (χ3v) is 3.34. The number of carbonyl (C=O) groups is 1. The van der Waals surface area contributed by atoms with Crippen molar-refractivity contribution in [3.8, 4) is 0 Å². The number of para-hydroxylation sites is 1. The molecule has 0 spiro atoms. The summed E-state index contributed by atoms with van der Waals surface area (Å²) in [5, 5.41) is 0. The molecule has 4 nitrogen and oxygen atoms in total. The van der Waals surface area contributed by atoms with Gasteiger partial charge >= 0.3 is 0 Å². The lowest BCUT2D eigenvalue weighted by Crippen LogP contribution is -2.31. The number of likely N-dealkylation sites (N-methyl/N-ethyl adjacent to an activating group) is 1. The summed E-state index contributed by atoms with van der Waals surface area (Å²) in [6.45, 7) is 0.875. The average molecular weight is 231 g/mol. The van der Waals surface area contributed by atoms with Crippen LogP contribution in [0.15, 0.2) is 35.3 Å². The van der Waals surface area contributed by atoms with E-state index in [4.69, 9.17) is 1.37 Å². The maximum Gasteiger partial charge on any atom is 0.251 e. The molecule has 2 heterocycles. The molecule has 0 aromatic heterocycles. The summed E-state index contributed by atoms with van der Waals surface area (Å²) < 4.78 is 7.81. The van der Waals surface area contributed by atoms with Gasteiger partial charge in [0, 0.05) is 13.6 Å². The summed E-state index contributed by atoms with van der Waals surface area (Å²) in [4.78, 5) is 20.2. The van der Waals surface area contributed by atoms with Gasteiger partial charge in [-0.05, 0) is 25.0 Å². The van der Waals surface area contributed by atoms with Crippen LogP contribution in [-0.2, 0) is 4.79 Å². The van der Waals surface area contributed by atoms with E-state index in [2.05, 4.69) is 9.89 Å². The number of nitrogens with zero attached hydrogens (tertiary/aromatic N) is 3. The minimum atomic E-state index is -0.0355. The SMILES string of the molecule is [3H]c1ccccc1N=C1N(C)C(=O)C2CCCN12. The van der Waals surface area contributed by atoms with Gasteiger partial charge in [-0.3, -0.25) is 9.69 Å². The molecule has 17 heavy (non-hydrogen) atoms. The predicted molar refractivity (Wildman–Crippen MR) is 66.0 cm³/mol. The quantitative estimate of drug-likeness (QED) is 0.736. The lowest BCUT2D eigenvalue weighted by atomic mass is 10.2. The van der Waals surface area contributed by atoms with Crippen LogP contribution in [0.4, 0.5) is 5.69 Å². The third kappa shape index (κ3) is 1.60. The fraction of sp³-hybridized carbons (Fsp3) is 0.385. The molecule has 3 rings (SSSR count). The number of benzene rings is 1. The maximum absolute atomic E-state index is 12.0. The summed E-state index contributed by atoms with van der Waals surface area (Å²) in [6, 6.07) is 7.53. The number of guanidine groups is 1. The van der Waals surface area contributed by atoms with E-state index in [-0.39, 0.29) is 11.9 Å². The Balaban J connectivity index is 2.01. The van der Waals surface area contributed by atoms with Crippen molar-refractivity contribution >= 4 is 17.6 Å². The largest absolute Gasteiger partial charge is 0.330 e. The maximum atomic E-state index is 12.0. The van der Waals surface area contributed by atoms with Gasteiger partial charge in [-0.25, -0.2) is 4.99 Å². The van der Waals surface area contributed by atoms with Gasteiger partial charge < -0.3 is 4.90 Å². The molecule has 2 aliphatic heterocycles. The fourth-order valence-corrected chi connectivity index (χ4v) is 2.48. The molecule has 1 unspecified atom stereocenters. The molecule has 1 aromatic rings. The minimum absolute atomic E-state index is 0.0355. The second-order valence-electron chi connectivity index (χ2n) is 4.41. The van der Waals surface area contributed by atoms with E-state index >= 15 is 0 Å². The first kappa shape index (κ1) is 9.22. The molecular weight excluding hydrogens is 214 g/mol. The molecule has 2 aliphatic rings. The highest BCUT2D eigenvalue weighted by atomic mass is 16.2. The molecule has 1 atom stereocenters. The van der Waals surface area contributed by atoms with Crippen molar-refractivity contribution in [2.45, 2.75) is 18.9 Å². The summed E-state index contributed by atoms with van der Waals surface area (Å²) >= 11 is 0. The number of hydrogen-bond acceptors (Lipinski definition) is 2.